The van der Waals surface area contributed by atoms with Crippen LogP contribution in [-0.4, -0.2) is 49.1 Å². The smallest absolute Gasteiger partial charge is 0.365 e. The van der Waals surface area contributed by atoms with Crippen molar-refractivity contribution in [1.29, 1.82) is 0 Å². The van der Waals surface area contributed by atoms with Gasteiger partial charge in [0.25, 0.3) is 0 Å². The molecule has 2 aliphatic heterocycles. The van der Waals surface area contributed by atoms with E-state index in [2.05, 4.69) is 27.2 Å². The van der Waals surface area contributed by atoms with Crippen molar-refractivity contribution in [3.8, 4) is 0 Å². The standard InChI is InChI=1S/C28H34F3N3O/c29-28(30,31)22-11-12-25-21(17-22)18-24(27(35)32-23-9-5-2-6-10-23)26-19-33(15-16-34(25)26)14-13-20-7-3-1-4-8-20/h1,3-4,7-8,11-12,17,23-24,26H,2,5-6,9-10,13-16,18-19H2,(H,32,35). The lowest BCUT2D eigenvalue weighted by Crippen LogP contribution is -2.61. The number of hydrogen-bond acceptors (Lipinski definition) is 3. The molecule has 2 atom stereocenters. The molecule has 3 aliphatic rings. The zero-order valence-corrected chi connectivity index (χ0v) is 20.1. The molecule has 7 heteroatoms. The number of fused-ring (bicyclic) bond motifs is 3. The molecule has 1 saturated heterocycles. The fourth-order valence-electron chi connectivity index (χ4n) is 6.05. The van der Waals surface area contributed by atoms with E-state index in [-0.39, 0.29) is 23.9 Å². The molecule has 0 aromatic heterocycles. The number of rotatable bonds is 5. The lowest BCUT2D eigenvalue weighted by atomic mass is 9.82. The van der Waals surface area contributed by atoms with Gasteiger partial charge < -0.3 is 10.2 Å². The van der Waals surface area contributed by atoms with E-state index in [9.17, 15) is 18.0 Å². The van der Waals surface area contributed by atoms with Gasteiger partial charge in [0.15, 0.2) is 0 Å². The molecule has 188 valence electrons. The van der Waals surface area contributed by atoms with Crippen molar-refractivity contribution in [2.24, 2.45) is 5.92 Å². The third kappa shape index (κ3) is 5.50. The van der Waals surface area contributed by atoms with Crippen molar-refractivity contribution in [3.05, 3.63) is 65.2 Å². The Balaban J connectivity index is 1.37. The maximum absolute atomic E-state index is 13.5. The molecular formula is C28H34F3N3O. The highest BCUT2D eigenvalue weighted by molar-refractivity contribution is 5.82. The Morgan fingerprint density at radius 3 is 2.51 bits per heavy atom. The van der Waals surface area contributed by atoms with Gasteiger partial charge in [0.1, 0.15) is 0 Å². The highest BCUT2D eigenvalue weighted by Gasteiger charge is 2.43. The quantitative estimate of drug-likeness (QED) is 0.643. The normalized spacial score (nSPS) is 23.5. The van der Waals surface area contributed by atoms with Crippen LogP contribution >= 0.6 is 0 Å². The van der Waals surface area contributed by atoms with Crippen LogP contribution in [0.15, 0.2) is 48.5 Å². The highest BCUT2D eigenvalue weighted by Crippen LogP contribution is 2.40. The van der Waals surface area contributed by atoms with Crippen molar-refractivity contribution in [2.45, 2.75) is 63.2 Å². The third-order valence-electron chi connectivity index (χ3n) is 7.97. The molecule has 2 fully saturated rings. The zero-order chi connectivity index (χ0) is 24.4. The van der Waals surface area contributed by atoms with Crippen LogP contribution in [0.1, 0.15) is 48.8 Å². The van der Waals surface area contributed by atoms with Crippen LogP contribution in [0.25, 0.3) is 0 Å². The van der Waals surface area contributed by atoms with Crippen LogP contribution < -0.4 is 10.2 Å². The third-order valence-corrected chi connectivity index (χ3v) is 7.97. The number of piperazine rings is 1. The second-order valence-corrected chi connectivity index (χ2v) is 10.3. The van der Waals surface area contributed by atoms with Gasteiger partial charge in [0.2, 0.25) is 5.91 Å². The molecule has 35 heavy (non-hydrogen) atoms. The maximum Gasteiger partial charge on any atom is 0.416 e. The van der Waals surface area contributed by atoms with Crippen LogP contribution in [0, 0.1) is 5.92 Å². The fraction of sp³-hybridized carbons (Fsp3) is 0.536. The van der Waals surface area contributed by atoms with Crippen LogP contribution in [0.4, 0.5) is 18.9 Å². The van der Waals surface area contributed by atoms with E-state index < -0.39 is 11.7 Å². The van der Waals surface area contributed by atoms with Gasteiger partial charge in [0, 0.05) is 37.9 Å². The number of amides is 1. The molecule has 0 radical (unpaired) electrons. The average molecular weight is 486 g/mol. The molecule has 0 spiro atoms. The lowest BCUT2D eigenvalue weighted by molar-refractivity contribution is -0.137. The summed E-state index contributed by atoms with van der Waals surface area (Å²) in [4.78, 5) is 18.1. The molecule has 5 rings (SSSR count). The summed E-state index contributed by atoms with van der Waals surface area (Å²) in [6.45, 7) is 3.20. The van der Waals surface area contributed by atoms with Crippen molar-refractivity contribution in [3.63, 3.8) is 0 Å². The highest BCUT2D eigenvalue weighted by atomic mass is 19.4. The summed E-state index contributed by atoms with van der Waals surface area (Å²) < 4.78 is 40.3. The number of alkyl halides is 3. The van der Waals surface area contributed by atoms with Crippen molar-refractivity contribution in [2.75, 3.05) is 31.1 Å². The Kier molecular flexibility index (Phi) is 7.05. The van der Waals surface area contributed by atoms with Crippen molar-refractivity contribution < 1.29 is 18.0 Å². The zero-order valence-electron chi connectivity index (χ0n) is 20.1. The second kappa shape index (κ2) is 10.2. The van der Waals surface area contributed by atoms with Gasteiger partial charge in [-0.2, -0.15) is 13.2 Å². The minimum Gasteiger partial charge on any atom is -0.365 e. The maximum atomic E-state index is 13.5. The monoisotopic (exact) mass is 485 g/mol. The van der Waals surface area contributed by atoms with E-state index in [0.717, 1.165) is 57.4 Å². The van der Waals surface area contributed by atoms with Crippen LogP contribution in [-0.2, 0) is 23.8 Å². The predicted molar refractivity (Wildman–Crippen MR) is 131 cm³/mol. The summed E-state index contributed by atoms with van der Waals surface area (Å²) in [7, 11) is 0. The average Bonchev–Trinajstić information content (AvgIpc) is 2.87. The first-order valence-electron chi connectivity index (χ1n) is 12.9. The SMILES string of the molecule is O=C(NC1CCCCC1)C1Cc2cc(C(F)(F)F)ccc2N2CCN(CCc3ccccc3)CC12. The van der Waals surface area contributed by atoms with Gasteiger partial charge in [-0.05, 0) is 55.0 Å². The predicted octanol–water partition coefficient (Wildman–Crippen LogP) is 5.06. The molecule has 1 saturated carbocycles. The Morgan fingerprint density at radius 2 is 1.77 bits per heavy atom. The van der Waals surface area contributed by atoms with E-state index in [4.69, 9.17) is 0 Å². The number of nitrogens with one attached hydrogen (secondary N) is 1. The lowest BCUT2D eigenvalue weighted by Gasteiger charge is -2.49. The summed E-state index contributed by atoms with van der Waals surface area (Å²) in [5.74, 6) is -0.354. The number of benzene rings is 2. The molecular weight excluding hydrogens is 451 g/mol. The minimum atomic E-state index is -4.39. The van der Waals surface area contributed by atoms with Gasteiger partial charge in [-0.15, -0.1) is 0 Å². The van der Waals surface area contributed by atoms with Gasteiger partial charge in [-0.3, -0.25) is 9.69 Å². The molecule has 2 aromatic rings. The van der Waals surface area contributed by atoms with E-state index in [1.807, 2.05) is 18.2 Å². The van der Waals surface area contributed by atoms with Gasteiger partial charge in [0.05, 0.1) is 17.5 Å². The molecule has 1 aliphatic carbocycles. The molecule has 4 nitrogen and oxygen atoms in total. The fourth-order valence-corrected chi connectivity index (χ4v) is 6.05. The number of halogens is 3. The van der Waals surface area contributed by atoms with E-state index >= 15 is 0 Å². The topological polar surface area (TPSA) is 35.6 Å². The Hall–Kier alpha value is -2.54. The molecule has 2 aromatic carbocycles. The summed E-state index contributed by atoms with van der Waals surface area (Å²) in [5.41, 5.74) is 2.14. The Labute approximate surface area is 205 Å². The number of nitrogens with zero attached hydrogens (tertiary/aromatic N) is 2. The van der Waals surface area contributed by atoms with Gasteiger partial charge in [-0.25, -0.2) is 0 Å². The number of carbonyl (C=O) groups excluding carboxylic acids is 1. The summed E-state index contributed by atoms with van der Waals surface area (Å²) >= 11 is 0. The molecule has 0 bridgehead atoms. The number of anilines is 1. The summed E-state index contributed by atoms with van der Waals surface area (Å²) in [6, 6.07) is 14.6. The Bertz CT molecular complexity index is 1020. The van der Waals surface area contributed by atoms with Crippen LogP contribution in [0.2, 0.25) is 0 Å². The van der Waals surface area contributed by atoms with Crippen molar-refractivity contribution >= 4 is 11.6 Å². The number of hydrogen-bond donors (Lipinski definition) is 1. The van der Waals surface area contributed by atoms with E-state index in [1.165, 1.54) is 24.1 Å². The van der Waals surface area contributed by atoms with Gasteiger partial charge >= 0.3 is 6.18 Å². The summed E-state index contributed by atoms with van der Waals surface area (Å²) in [5, 5.41) is 3.26. The van der Waals surface area contributed by atoms with Crippen LogP contribution in [0.3, 0.4) is 0 Å². The number of carbonyl (C=O) groups is 1. The van der Waals surface area contributed by atoms with Crippen molar-refractivity contribution in [1.82, 2.24) is 10.2 Å². The first-order valence-corrected chi connectivity index (χ1v) is 12.9. The minimum absolute atomic E-state index is 0.000119. The largest absolute Gasteiger partial charge is 0.416 e. The van der Waals surface area contributed by atoms with E-state index in [0.29, 0.717) is 18.5 Å². The first kappa shape index (κ1) is 24.2. The molecule has 2 unspecified atom stereocenters. The summed E-state index contributed by atoms with van der Waals surface area (Å²) in [6.07, 6.45) is 2.34. The van der Waals surface area contributed by atoms with Gasteiger partial charge in [-0.1, -0.05) is 49.6 Å². The Morgan fingerprint density at radius 1 is 1.00 bits per heavy atom. The van der Waals surface area contributed by atoms with Crippen LogP contribution in [0.5, 0.6) is 0 Å². The molecule has 1 amide bonds. The molecule has 2 heterocycles. The first-order chi connectivity index (χ1) is 16.9. The molecule has 1 N–H and O–H groups in total. The van der Waals surface area contributed by atoms with E-state index in [1.54, 1.807) is 6.07 Å². The second-order valence-electron chi connectivity index (χ2n) is 10.3.